The van der Waals surface area contributed by atoms with Crippen molar-refractivity contribution in [3.63, 3.8) is 0 Å². The minimum Gasteiger partial charge on any atom is -0.390 e. The molecule has 0 bridgehead atoms. The zero-order valence-electron chi connectivity index (χ0n) is 7.70. The number of hydrogen-bond acceptors (Lipinski definition) is 4. The van der Waals surface area contributed by atoms with Crippen LogP contribution in [0.2, 0.25) is 0 Å². The van der Waals surface area contributed by atoms with Gasteiger partial charge in [0.1, 0.15) is 6.10 Å². The fraction of sp³-hybridized carbons (Fsp3) is 1.00. The molecule has 0 aliphatic carbocycles. The van der Waals surface area contributed by atoms with E-state index in [9.17, 15) is 10.2 Å². The van der Waals surface area contributed by atoms with E-state index in [0.717, 1.165) is 25.9 Å². The number of hydrogen-bond donors (Lipinski definition) is 3. The van der Waals surface area contributed by atoms with Crippen molar-refractivity contribution in [2.45, 2.75) is 37.1 Å². The molecule has 1 unspecified atom stereocenters. The summed E-state index contributed by atoms with van der Waals surface area (Å²) in [7, 11) is 0. The zero-order chi connectivity index (χ0) is 9.31. The highest BCUT2D eigenvalue weighted by Gasteiger charge is 2.41. The molecule has 4 nitrogen and oxygen atoms in total. The van der Waals surface area contributed by atoms with E-state index in [1.807, 2.05) is 0 Å². The van der Waals surface area contributed by atoms with Crippen LogP contribution >= 0.6 is 0 Å². The molecule has 2 aliphatic rings. The lowest BCUT2D eigenvalue weighted by molar-refractivity contribution is -0.177. The fourth-order valence-electron chi connectivity index (χ4n) is 2.19. The quantitative estimate of drug-likeness (QED) is 0.467. The predicted molar refractivity (Wildman–Crippen MR) is 47.4 cm³/mol. The average molecular weight is 187 g/mol. The van der Waals surface area contributed by atoms with Gasteiger partial charge in [-0.3, -0.25) is 0 Å². The Bertz CT molecular complexity index is 180. The van der Waals surface area contributed by atoms with Crippen molar-refractivity contribution in [2.75, 3.05) is 19.7 Å². The van der Waals surface area contributed by atoms with E-state index in [4.69, 9.17) is 4.74 Å². The molecular weight excluding hydrogens is 170 g/mol. The Balaban J connectivity index is 1.99. The van der Waals surface area contributed by atoms with Gasteiger partial charge in [0.15, 0.2) is 0 Å². The minimum absolute atomic E-state index is 0.211. The van der Waals surface area contributed by atoms with Crippen LogP contribution in [0.25, 0.3) is 0 Å². The Kier molecular flexibility index (Phi) is 2.55. The van der Waals surface area contributed by atoms with Gasteiger partial charge in [-0.2, -0.15) is 0 Å². The van der Waals surface area contributed by atoms with Crippen LogP contribution in [-0.4, -0.2) is 47.7 Å². The summed E-state index contributed by atoms with van der Waals surface area (Å²) in [4.78, 5) is 0. The van der Waals surface area contributed by atoms with Crippen molar-refractivity contribution in [3.05, 3.63) is 0 Å². The molecule has 2 heterocycles. The Morgan fingerprint density at radius 3 is 2.77 bits per heavy atom. The molecule has 2 aliphatic heterocycles. The van der Waals surface area contributed by atoms with E-state index >= 15 is 0 Å². The average Bonchev–Trinajstić information content (AvgIpc) is 2.14. The summed E-state index contributed by atoms with van der Waals surface area (Å²) in [5.74, 6) is 0. The molecule has 0 aromatic carbocycles. The highest BCUT2D eigenvalue weighted by Crippen LogP contribution is 2.31. The first-order valence-corrected chi connectivity index (χ1v) is 4.93. The molecule has 4 heteroatoms. The van der Waals surface area contributed by atoms with Crippen LogP contribution in [0.4, 0.5) is 0 Å². The molecule has 0 amide bonds. The molecule has 0 saturated carbocycles. The lowest BCUT2D eigenvalue weighted by Gasteiger charge is -2.43. The van der Waals surface area contributed by atoms with Crippen LogP contribution in [0, 0.1) is 0 Å². The molecule has 3 N–H and O–H groups in total. The van der Waals surface area contributed by atoms with Crippen molar-refractivity contribution < 1.29 is 14.9 Å². The highest BCUT2D eigenvalue weighted by molar-refractivity contribution is 4.94. The Morgan fingerprint density at radius 2 is 2.15 bits per heavy atom. The summed E-state index contributed by atoms with van der Waals surface area (Å²) >= 11 is 0. The number of rotatable bonds is 0. The SMILES string of the molecule is O[C@@H]1COC2(CCCNC2)C[C@@H]1O. The zero-order valence-corrected chi connectivity index (χ0v) is 7.70. The van der Waals surface area contributed by atoms with E-state index < -0.39 is 12.2 Å². The maximum absolute atomic E-state index is 9.54. The first-order chi connectivity index (χ1) is 6.22. The second-order valence-corrected chi connectivity index (χ2v) is 4.11. The van der Waals surface area contributed by atoms with Crippen molar-refractivity contribution >= 4 is 0 Å². The number of aliphatic hydroxyl groups excluding tert-OH is 2. The summed E-state index contributed by atoms with van der Waals surface area (Å²) in [6.45, 7) is 2.10. The maximum Gasteiger partial charge on any atom is 0.103 e. The molecular formula is C9H17NO3. The Hall–Kier alpha value is -0.160. The smallest absolute Gasteiger partial charge is 0.103 e. The van der Waals surface area contributed by atoms with Crippen molar-refractivity contribution in [1.82, 2.24) is 5.32 Å². The molecule has 2 saturated heterocycles. The first-order valence-electron chi connectivity index (χ1n) is 4.93. The third-order valence-electron chi connectivity index (χ3n) is 3.02. The van der Waals surface area contributed by atoms with Gasteiger partial charge >= 0.3 is 0 Å². The molecule has 76 valence electrons. The van der Waals surface area contributed by atoms with Crippen LogP contribution in [0.5, 0.6) is 0 Å². The van der Waals surface area contributed by atoms with Crippen molar-refractivity contribution in [3.8, 4) is 0 Å². The molecule has 0 aromatic rings. The van der Waals surface area contributed by atoms with Crippen LogP contribution in [0.3, 0.4) is 0 Å². The first kappa shape index (κ1) is 9.40. The van der Waals surface area contributed by atoms with E-state index in [1.165, 1.54) is 0 Å². The van der Waals surface area contributed by atoms with Crippen molar-refractivity contribution in [2.24, 2.45) is 0 Å². The van der Waals surface area contributed by atoms with Crippen LogP contribution in [-0.2, 0) is 4.74 Å². The van der Waals surface area contributed by atoms with E-state index in [0.29, 0.717) is 6.42 Å². The van der Waals surface area contributed by atoms with Gasteiger partial charge in [-0.1, -0.05) is 0 Å². The van der Waals surface area contributed by atoms with Gasteiger partial charge in [0.25, 0.3) is 0 Å². The van der Waals surface area contributed by atoms with Gasteiger partial charge in [-0.15, -0.1) is 0 Å². The van der Waals surface area contributed by atoms with Gasteiger partial charge in [0.05, 0.1) is 18.3 Å². The summed E-state index contributed by atoms with van der Waals surface area (Å²) < 4.78 is 5.62. The van der Waals surface area contributed by atoms with E-state index in [-0.39, 0.29) is 12.2 Å². The van der Waals surface area contributed by atoms with E-state index in [2.05, 4.69) is 5.32 Å². The second-order valence-electron chi connectivity index (χ2n) is 4.11. The number of ether oxygens (including phenoxy) is 1. The van der Waals surface area contributed by atoms with Gasteiger partial charge in [0, 0.05) is 13.0 Å². The molecule has 0 radical (unpaired) electrons. The summed E-state index contributed by atoms with van der Waals surface area (Å²) in [6.07, 6.45) is 1.31. The Morgan fingerprint density at radius 1 is 1.31 bits per heavy atom. The third kappa shape index (κ3) is 1.86. The lowest BCUT2D eigenvalue weighted by Crippen LogP contribution is -2.56. The van der Waals surface area contributed by atoms with Gasteiger partial charge in [-0.25, -0.2) is 0 Å². The monoisotopic (exact) mass is 187 g/mol. The fourth-order valence-corrected chi connectivity index (χ4v) is 2.19. The lowest BCUT2D eigenvalue weighted by atomic mass is 9.84. The normalized spacial score (nSPS) is 46.6. The van der Waals surface area contributed by atoms with E-state index in [1.54, 1.807) is 0 Å². The molecule has 0 aromatic heterocycles. The largest absolute Gasteiger partial charge is 0.390 e. The molecule has 2 rings (SSSR count). The van der Waals surface area contributed by atoms with Gasteiger partial charge in [-0.05, 0) is 19.4 Å². The summed E-state index contributed by atoms with van der Waals surface area (Å²) in [5.41, 5.74) is -0.211. The molecule has 3 atom stereocenters. The second kappa shape index (κ2) is 3.53. The van der Waals surface area contributed by atoms with Gasteiger partial charge < -0.3 is 20.3 Å². The summed E-state index contributed by atoms with van der Waals surface area (Å²) in [6, 6.07) is 0. The van der Waals surface area contributed by atoms with Crippen LogP contribution in [0.1, 0.15) is 19.3 Å². The third-order valence-corrected chi connectivity index (χ3v) is 3.02. The summed E-state index contributed by atoms with van der Waals surface area (Å²) in [5, 5.41) is 22.1. The van der Waals surface area contributed by atoms with Gasteiger partial charge in [0.2, 0.25) is 0 Å². The standard InChI is InChI=1S/C9H17NO3/c11-7-4-9(13-5-8(7)12)2-1-3-10-6-9/h7-8,10-12H,1-6H2/t7-,8+,9?/m0/s1. The van der Waals surface area contributed by atoms with Crippen LogP contribution in [0.15, 0.2) is 0 Å². The topological polar surface area (TPSA) is 61.7 Å². The molecule has 13 heavy (non-hydrogen) atoms. The minimum atomic E-state index is -0.701. The van der Waals surface area contributed by atoms with Crippen LogP contribution < -0.4 is 5.32 Å². The number of aliphatic hydroxyl groups is 2. The maximum atomic E-state index is 9.54. The number of nitrogens with one attached hydrogen (secondary N) is 1. The number of piperidine rings is 1. The predicted octanol–water partition coefficient (Wildman–Crippen LogP) is -0.749. The Labute approximate surface area is 77.9 Å². The highest BCUT2D eigenvalue weighted by atomic mass is 16.5. The van der Waals surface area contributed by atoms with Crippen molar-refractivity contribution in [1.29, 1.82) is 0 Å². The molecule has 1 spiro atoms. The molecule has 2 fully saturated rings.